The number of nitrogens with zero attached hydrogens (tertiary/aromatic N) is 1. The van der Waals surface area contributed by atoms with Gasteiger partial charge in [-0.05, 0) is 42.1 Å². The number of phenolic OH excluding ortho intramolecular Hbond substituents is 9. The molecule has 0 aliphatic carbocycles. The van der Waals surface area contributed by atoms with Crippen molar-refractivity contribution in [3.8, 4) is 69.0 Å². The van der Waals surface area contributed by atoms with E-state index in [0.717, 1.165) is 42.5 Å². The van der Waals surface area contributed by atoms with E-state index < -0.39 is 110 Å². The molecule has 0 bridgehead atoms. The predicted octanol–water partition coefficient (Wildman–Crippen LogP) is 3.49. The average molecular weight is 814 g/mol. The average Bonchev–Trinajstić information content (AvgIpc) is 3.43. The number of aromatic hydroxyl groups is 10. The first-order valence-corrected chi connectivity index (χ1v) is 18.0. The van der Waals surface area contributed by atoms with E-state index in [1.54, 1.807) is 0 Å². The van der Waals surface area contributed by atoms with E-state index in [4.69, 9.17) is 14.2 Å². The van der Waals surface area contributed by atoms with Gasteiger partial charge in [0.25, 0.3) is 0 Å². The van der Waals surface area contributed by atoms with Crippen molar-refractivity contribution >= 4 is 22.6 Å². The number of benzene rings is 4. The number of likely N-dealkylation sites (tertiary alicyclic amines) is 1. The fourth-order valence-electron chi connectivity index (χ4n) is 8.08. The van der Waals surface area contributed by atoms with Crippen LogP contribution >= 0.6 is 0 Å². The highest BCUT2D eigenvalue weighted by Crippen LogP contribution is 2.53. The number of esters is 1. The summed E-state index contributed by atoms with van der Waals surface area (Å²) in [6, 6.07) is 7.24. The van der Waals surface area contributed by atoms with Crippen molar-refractivity contribution in [2.45, 2.75) is 56.1 Å². The van der Waals surface area contributed by atoms with E-state index in [9.17, 15) is 70.6 Å². The van der Waals surface area contributed by atoms with Gasteiger partial charge in [-0.2, -0.15) is 0 Å². The maximum absolute atomic E-state index is 13.7. The number of aliphatic hydroxyl groups is 1. The Morgan fingerprint density at radius 3 is 2.07 bits per heavy atom. The molecule has 18 nitrogen and oxygen atoms in total. The number of rotatable bonds is 5. The Hall–Kier alpha value is -7.47. The molecule has 5 aromatic carbocycles. The first-order chi connectivity index (χ1) is 27.9. The van der Waals surface area contributed by atoms with Gasteiger partial charge in [0.15, 0.2) is 46.7 Å². The second-order valence-corrected chi connectivity index (χ2v) is 14.6. The number of aliphatic hydroxyl groups excluding tert-OH is 1. The predicted molar refractivity (Wildman–Crippen MR) is 200 cm³/mol. The number of hydrogen-bond acceptors (Lipinski definition) is 17. The zero-order valence-corrected chi connectivity index (χ0v) is 30.7. The van der Waals surface area contributed by atoms with Crippen LogP contribution in [-0.4, -0.2) is 92.2 Å². The van der Waals surface area contributed by atoms with E-state index in [-0.39, 0.29) is 76.3 Å². The summed E-state index contributed by atoms with van der Waals surface area (Å²) in [5.41, 5.74) is -1.59. The minimum Gasteiger partial charge on any atom is -0.508 e. The van der Waals surface area contributed by atoms with Crippen molar-refractivity contribution in [3.63, 3.8) is 0 Å². The van der Waals surface area contributed by atoms with Crippen molar-refractivity contribution in [3.05, 3.63) is 92.1 Å². The lowest BCUT2D eigenvalue weighted by atomic mass is 9.88. The van der Waals surface area contributed by atoms with Gasteiger partial charge in [0.05, 0.1) is 28.7 Å². The van der Waals surface area contributed by atoms with Gasteiger partial charge < -0.3 is 75.3 Å². The normalized spacial score (nSPS) is 21.0. The Kier molecular flexibility index (Phi) is 9.03. The summed E-state index contributed by atoms with van der Waals surface area (Å²) in [6.07, 6.45) is -6.26. The molecular weight excluding hydrogens is 778 g/mol. The number of ether oxygens (including phenoxy) is 3. The molecule has 0 saturated carbocycles. The van der Waals surface area contributed by atoms with Gasteiger partial charge in [0.2, 0.25) is 11.3 Å². The van der Waals surface area contributed by atoms with Crippen LogP contribution in [0.5, 0.6) is 69.0 Å². The van der Waals surface area contributed by atoms with Crippen LogP contribution in [0.3, 0.4) is 0 Å². The van der Waals surface area contributed by atoms with Crippen LogP contribution in [0.4, 0.5) is 0 Å². The molecule has 5 atom stereocenters. The lowest BCUT2D eigenvalue weighted by Gasteiger charge is -2.35. The van der Waals surface area contributed by atoms with Crippen LogP contribution in [0, 0.1) is 0 Å². The van der Waals surface area contributed by atoms with Crippen LogP contribution in [0.25, 0.3) is 10.8 Å². The number of carbonyl (C=O) groups is 2. The van der Waals surface area contributed by atoms with Crippen LogP contribution in [0.2, 0.25) is 0 Å². The quantitative estimate of drug-likeness (QED) is 0.0894. The molecule has 8 rings (SSSR count). The van der Waals surface area contributed by atoms with Gasteiger partial charge in [-0.3, -0.25) is 9.59 Å². The Labute approximate surface area is 331 Å². The van der Waals surface area contributed by atoms with Gasteiger partial charge in [0.1, 0.15) is 40.6 Å². The van der Waals surface area contributed by atoms with Crippen molar-refractivity contribution in [1.29, 1.82) is 0 Å². The summed E-state index contributed by atoms with van der Waals surface area (Å²) >= 11 is 0. The maximum Gasteiger partial charge on any atom is 0.338 e. The monoisotopic (exact) mass is 813 g/mol. The molecule has 18 heteroatoms. The fraction of sp³-hybridized carbons (Fsp3) is 0.244. The van der Waals surface area contributed by atoms with Crippen molar-refractivity contribution in [1.82, 2.24) is 4.90 Å². The summed E-state index contributed by atoms with van der Waals surface area (Å²) < 4.78 is 18.3. The van der Waals surface area contributed by atoms with Gasteiger partial charge in [-0.15, -0.1) is 0 Å². The zero-order chi connectivity index (χ0) is 42.3. The SMILES string of the molecule is CN1C(=O)CCC1c1c(O)cc(O)c2c1OC(c1cc(O)c(O)c3c(O)c(=O)cc(C4Oc5cc(O)cc(O)c5C[C@H]4OC(=O)c4cc(O)c(O)c(O)c4)cc13)[C@H](O)C2. The lowest BCUT2D eigenvalue weighted by Crippen LogP contribution is -2.35. The molecule has 11 N–H and O–H groups in total. The number of fused-ring (bicyclic) bond motifs is 3. The number of carbonyl (C=O) groups excluding carboxylic acids is 2. The number of phenols is 9. The van der Waals surface area contributed by atoms with Crippen LogP contribution in [-0.2, 0) is 22.4 Å². The summed E-state index contributed by atoms with van der Waals surface area (Å²) in [7, 11) is 1.53. The van der Waals surface area contributed by atoms with E-state index in [1.165, 1.54) is 18.0 Å². The maximum atomic E-state index is 13.7. The molecule has 0 spiro atoms. The van der Waals surface area contributed by atoms with Crippen LogP contribution in [0.15, 0.2) is 53.3 Å². The molecule has 3 aliphatic rings. The fourth-order valence-corrected chi connectivity index (χ4v) is 8.08. The van der Waals surface area contributed by atoms with Gasteiger partial charge in [-0.1, -0.05) is 0 Å². The third-order valence-electron chi connectivity index (χ3n) is 11.0. The molecule has 306 valence electrons. The molecule has 1 saturated heterocycles. The molecular formula is C41H35NO17. The highest BCUT2D eigenvalue weighted by molar-refractivity contribution is 5.98. The first-order valence-electron chi connectivity index (χ1n) is 18.0. The molecule has 1 amide bonds. The van der Waals surface area contributed by atoms with E-state index in [0.29, 0.717) is 0 Å². The largest absolute Gasteiger partial charge is 0.508 e. The van der Waals surface area contributed by atoms with E-state index >= 15 is 0 Å². The smallest absolute Gasteiger partial charge is 0.338 e. The second-order valence-electron chi connectivity index (χ2n) is 14.6. The summed E-state index contributed by atoms with van der Waals surface area (Å²) in [4.78, 5) is 41.1. The Bertz CT molecular complexity index is 2670. The van der Waals surface area contributed by atoms with Crippen molar-refractivity contribution in [2.75, 3.05) is 7.05 Å². The number of amides is 1. The Balaban J connectivity index is 1.30. The summed E-state index contributed by atoms with van der Waals surface area (Å²) in [5.74, 6) is -8.79. The second kappa shape index (κ2) is 13.9. The molecule has 1 fully saturated rings. The molecule has 3 heterocycles. The highest BCUT2D eigenvalue weighted by Gasteiger charge is 2.42. The summed E-state index contributed by atoms with van der Waals surface area (Å²) in [6.45, 7) is 0. The van der Waals surface area contributed by atoms with Gasteiger partial charge in [0, 0.05) is 66.8 Å². The molecule has 0 aromatic heterocycles. The lowest BCUT2D eigenvalue weighted by molar-refractivity contribution is -0.127. The van der Waals surface area contributed by atoms with Crippen molar-refractivity contribution < 1.29 is 80.0 Å². The standard InChI is InChI=1S/C41H35NO17/c1-42-21(2-3-32(42)52)34-24(46)13-23(45)20-11-29(51)39(59-40(20)34)18-10-28(50)37(55)33-17(18)4-14(5-27(49)36(33)54)38-31(12-19-22(44)8-16(43)9-30(19)57-38)58-41(56)15-6-25(47)35(53)26(48)7-15/h4-10,13,21,29,31,38-39,43-48,50-51,53,55H,2-3,11-12H2,1H3,(H,49,54)/t21?,29-,31-,38?,39?/m1/s1. The van der Waals surface area contributed by atoms with E-state index in [1.807, 2.05) is 0 Å². The minimum absolute atomic E-state index is 0.0566. The molecule has 59 heavy (non-hydrogen) atoms. The third-order valence-corrected chi connectivity index (χ3v) is 11.0. The van der Waals surface area contributed by atoms with Crippen LogP contribution < -0.4 is 14.9 Å². The number of hydrogen-bond donors (Lipinski definition) is 11. The molecule has 3 unspecified atom stereocenters. The molecule has 5 aromatic rings. The highest BCUT2D eigenvalue weighted by atomic mass is 16.6. The molecule has 3 aliphatic heterocycles. The summed E-state index contributed by atoms with van der Waals surface area (Å²) in [5, 5.41) is 117. The zero-order valence-electron chi connectivity index (χ0n) is 30.7. The Morgan fingerprint density at radius 2 is 1.39 bits per heavy atom. The van der Waals surface area contributed by atoms with Gasteiger partial charge in [-0.25, -0.2) is 4.79 Å². The van der Waals surface area contributed by atoms with E-state index in [2.05, 4.69) is 0 Å². The first kappa shape index (κ1) is 38.4. The minimum atomic E-state index is -1.53. The topological polar surface area (TPSA) is 305 Å². The molecule has 0 radical (unpaired) electrons. The van der Waals surface area contributed by atoms with Crippen molar-refractivity contribution in [2.24, 2.45) is 0 Å². The third kappa shape index (κ3) is 6.29. The van der Waals surface area contributed by atoms with Crippen LogP contribution in [0.1, 0.15) is 69.3 Å². The van der Waals surface area contributed by atoms with Gasteiger partial charge >= 0.3 is 5.97 Å². The Morgan fingerprint density at radius 1 is 0.712 bits per heavy atom.